The number of nitrogens with zero attached hydrogens (tertiary/aromatic N) is 2. The molecule has 1 heterocycles. The molecule has 1 aliphatic rings. The summed E-state index contributed by atoms with van der Waals surface area (Å²) in [7, 11) is 1.75. The lowest BCUT2D eigenvalue weighted by atomic mass is 9.82. The number of amides is 1. The minimum atomic E-state index is -0.196. The summed E-state index contributed by atoms with van der Waals surface area (Å²) in [6.45, 7) is 0.648. The molecule has 1 aliphatic carbocycles. The van der Waals surface area contributed by atoms with Crippen LogP contribution in [0, 0.1) is 5.92 Å². The van der Waals surface area contributed by atoms with Crippen LogP contribution in [0.15, 0.2) is 18.5 Å². The quantitative estimate of drug-likeness (QED) is 0.525. The zero-order valence-corrected chi connectivity index (χ0v) is 10.3. The second kappa shape index (κ2) is 5.32. The number of hydrogen-bond donors (Lipinski definition) is 3. The first-order valence-corrected chi connectivity index (χ1v) is 5.96. The lowest BCUT2D eigenvalue weighted by molar-refractivity contribution is 0.0265. The summed E-state index contributed by atoms with van der Waals surface area (Å²) in [5, 5.41) is 9.23. The first-order valence-electron chi connectivity index (χ1n) is 5.96. The van der Waals surface area contributed by atoms with E-state index in [-0.39, 0.29) is 12.0 Å². The first-order chi connectivity index (χ1) is 8.61. The minimum Gasteiger partial charge on any atom is -0.393 e. The highest BCUT2D eigenvalue weighted by atomic mass is 16.3. The highest BCUT2D eigenvalue weighted by Gasteiger charge is 2.29. The fourth-order valence-electron chi connectivity index (χ4n) is 2.22. The molecule has 1 aromatic rings. The number of nitrogen functional groups attached to an aromatic ring is 1. The van der Waals surface area contributed by atoms with E-state index < -0.39 is 0 Å². The van der Waals surface area contributed by atoms with Crippen LogP contribution in [-0.2, 0) is 0 Å². The number of hydrazine groups is 1. The van der Waals surface area contributed by atoms with Gasteiger partial charge < -0.3 is 15.4 Å². The molecule has 4 N–H and O–H groups in total. The van der Waals surface area contributed by atoms with Crippen molar-refractivity contribution in [1.29, 1.82) is 0 Å². The molecule has 18 heavy (non-hydrogen) atoms. The van der Waals surface area contributed by atoms with Crippen molar-refractivity contribution >= 4 is 11.6 Å². The molecule has 0 saturated heterocycles. The summed E-state index contributed by atoms with van der Waals surface area (Å²) < 4.78 is 0. The number of aliphatic hydroxyl groups excluding tert-OH is 1. The van der Waals surface area contributed by atoms with Gasteiger partial charge in [-0.3, -0.25) is 15.6 Å². The van der Waals surface area contributed by atoms with Crippen LogP contribution in [0.25, 0.3) is 0 Å². The largest absolute Gasteiger partial charge is 0.393 e. The Hall–Kier alpha value is -1.66. The van der Waals surface area contributed by atoms with Gasteiger partial charge in [0.1, 0.15) is 0 Å². The van der Waals surface area contributed by atoms with E-state index in [0.29, 0.717) is 23.7 Å². The molecule has 0 atom stereocenters. The van der Waals surface area contributed by atoms with Gasteiger partial charge in [-0.25, -0.2) is 0 Å². The Morgan fingerprint density at radius 1 is 1.67 bits per heavy atom. The van der Waals surface area contributed by atoms with Crippen LogP contribution in [0.1, 0.15) is 23.2 Å². The number of aliphatic hydroxyl groups is 1. The van der Waals surface area contributed by atoms with Crippen LogP contribution >= 0.6 is 0 Å². The van der Waals surface area contributed by atoms with E-state index in [1.807, 2.05) is 0 Å². The maximum absolute atomic E-state index is 12.2. The summed E-state index contributed by atoms with van der Waals surface area (Å²) >= 11 is 0. The molecule has 98 valence electrons. The number of aromatic nitrogens is 1. The first kappa shape index (κ1) is 12.8. The Bertz CT molecular complexity index is 432. The Labute approximate surface area is 106 Å². The fourth-order valence-corrected chi connectivity index (χ4v) is 2.22. The zero-order valence-electron chi connectivity index (χ0n) is 10.3. The number of pyridine rings is 1. The number of hydrogen-bond acceptors (Lipinski definition) is 5. The standard InChI is InChI=1S/C12H18N4O2/c1-16(7-8-4-9(17)5-8)12(18)10-6-14-3-2-11(10)15-13/h2-3,6,8-9,17H,4-5,7,13H2,1H3,(H,14,15). The summed E-state index contributed by atoms with van der Waals surface area (Å²) in [6, 6.07) is 1.66. The van der Waals surface area contributed by atoms with Crippen LogP contribution in [0.4, 0.5) is 5.69 Å². The predicted octanol–water partition coefficient (Wildman–Crippen LogP) is 0.210. The van der Waals surface area contributed by atoms with E-state index in [4.69, 9.17) is 5.84 Å². The van der Waals surface area contributed by atoms with E-state index in [0.717, 1.165) is 12.8 Å². The predicted molar refractivity (Wildman–Crippen MR) is 67.7 cm³/mol. The Kier molecular flexibility index (Phi) is 3.78. The summed E-state index contributed by atoms with van der Waals surface area (Å²) in [5.74, 6) is 5.64. The molecule has 1 fully saturated rings. The van der Waals surface area contributed by atoms with Crippen LogP contribution in [0.2, 0.25) is 0 Å². The number of anilines is 1. The van der Waals surface area contributed by atoms with Gasteiger partial charge in [0.05, 0.1) is 17.4 Å². The summed E-state index contributed by atoms with van der Waals surface area (Å²) in [6.07, 6.45) is 4.43. The number of rotatable bonds is 4. The van der Waals surface area contributed by atoms with Gasteiger partial charge in [-0.15, -0.1) is 0 Å². The lowest BCUT2D eigenvalue weighted by Crippen LogP contribution is -2.39. The zero-order chi connectivity index (χ0) is 13.1. The average molecular weight is 250 g/mol. The van der Waals surface area contributed by atoms with E-state index in [1.165, 1.54) is 6.20 Å². The van der Waals surface area contributed by atoms with Crippen LogP contribution in [-0.4, -0.2) is 40.6 Å². The van der Waals surface area contributed by atoms with Crippen LogP contribution < -0.4 is 11.3 Å². The highest BCUT2D eigenvalue weighted by molar-refractivity contribution is 5.99. The summed E-state index contributed by atoms with van der Waals surface area (Å²) in [5.41, 5.74) is 3.52. The molecule has 1 aromatic heterocycles. The second-order valence-electron chi connectivity index (χ2n) is 4.74. The fraction of sp³-hybridized carbons (Fsp3) is 0.500. The van der Waals surface area contributed by atoms with E-state index >= 15 is 0 Å². The van der Waals surface area contributed by atoms with Crippen molar-refractivity contribution in [2.24, 2.45) is 11.8 Å². The van der Waals surface area contributed by atoms with Gasteiger partial charge in [-0.2, -0.15) is 0 Å². The van der Waals surface area contributed by atoms with Crippen molar-refractivity contribution in [3.63, 3.8) is 0 Å². The maximum atomic E-state index is 12.2. The third-order valence-electron chi connectivity index (χ3n) is 3.30. The molecule has 6 nitrogen and oxygen atoms in total. The third kappa shape index (κ3) is 2.60. The topological polar surface area (TPSA) is 91.5 Å². The molecular formula is C12H18N4O2. The Balaban J connectivity index is 2.01. The van der Waals surface area contributed by atoms with Gasteiger partial charge in [-0.05, 0) is 24.8 Å². The van der Waals surface area contributed by atoms with Gasteiger partial charge in [0.15, 0.2) is 0 Å². The lowest BCUT2D eigenvalue weighted by Gasteiger charge is -2.34. The van der Waals surface area contributed by atoms with Gasteiger partial charge in [0, 0.05) is 26.0 Å². The minimum absolute atomic E-state index is 0.113. The van der Waals surface area contributed by atoms with Crippen molar-refractivity contribution in [1.82, 2.24) is 9.88 Å². The molecule has 0 radical (unpaired) electrons. The monoisotopic (exact) mass is 250 g/mol. The van der Waals surface area contributed by atoms with E-state index in [2.05, 4.69) is 10.4 Å². The third-order valence-corrected chi connectivity index (χ3v) is 3.30. The molecule has 0 unspecified atom stereocenters. The Morgan fingerprint density at radius 3 is 3.00 bits per heavy atom. The number of nitrogens with two attached hydrogens (primary N) is 1. The number of nitrogens with one attached hydrogen (secondary N) is 1. The number of carbonyl (C=O) groups excluding carboxylic acids is 1. The van der Waals surface area contributed by atoms with Crippen molar-refractivity contribution in [2.75, 3.05) is 19.0 Å². The van der Waals surface area contributed by atoms with Crippen molar-refractivity contribution < 1.29 is 9.90 Å². The van der Waals surface area contributed by atoms with Crippen molar-refractivity contribution in [2.45, 2.75) is 18.9 Å². The van der Waals surface area contributed by atoms with Gasteiger partial charge >= 0.3 is 0 Å². The average Bonchev–Trinajstić information content (AvgIpc) is 2.35. The van der Waals surface area contributed by atoms with Crippen molar-refractivity contribution in [3.05, 3.63) is 24.0 Å². The molecule has 0 aromatic carbocycles. The van der Waals surface area contributed by atoms with Crippen LogP contribution in [0.3, 0.4) is 0 Å². The smallest absolute Gasteiger partial charge is 0.257 e. The molecule has 0 spiro atoms. The van der Waals surface area contributed by atoms with Gasteiger partial charge in [0.25, 0.3) is 5.91 Å². The van der Waals surface area contributed by atoms with Crippen LogP contribution in [0.5, 0.6) is 0 Å². The molecule has 6 heteroatoms. The SMILES string of the molecule is CN(CC1CC(O)C1)C(=O)c1cnccc1NN. The molecule has 1 amide bonds. The maximum Gasteiger partial charge on any atom is 0.257 e. The molecule has 0 bridgehead atoms. The second-order valence-corrected chi connectivity index (χ2v) is 4.74. The summed E-state index contributed by atoms with van der Waals surface area (Å²) in [4.78, 5) is 17.8. The van der Waals surface area contributed by atoms with Gasteiger partial charge in [-0.1, -0.05) is 0 Å². The highest BCUT2D eigenvalue weighted by Crippen LogP contribution is 2.28. The molecule has 0 aliphatic heterocycles. The molecule has 2 rings (SSSR count). The van der Waals surface area contributed by atoms with E-state index in [1.54, 1.807) is 24.2 Å². The van der Waals surface area contributed by atoms with Gasteiger partial charge in [0.2, 0.25) is 0 Å². The normalized spacial score (nSPS) is 22.2. The van der Waals surface area contributed by atoms with Crippen molar-refractivity contribution in [3.8, 4) is 0 Å². The molecule has 1 saturated carbocycles. The Morgan fingerprint density at radius 2 is 2.39 bits per heavy atom. The van der Waals surface area contributed by atoms with E-state index in [9.17, 15) is 9.90 Å². The molecular weight excluding hydrogens is 232 g/mol. The number of carbonyl (C=O) groups is 1.